The molecule has 25 heavy (non-hydrogen) atoms. The van der Waals surface area contributed by atoms with Crippen LogP contribution in [-0.2, 0) is 14.3 Å². The molecule has 0 aliphatic heterocycles. The molecular formula is C22H26O3. The Hall–Kier alpha value is -2.42. The molecule has 0 aromatic carbocycles. The normalized spacial score (nSPS) is 34.1. The molecule has 0 N–H and O–H groups in total. The summed E-state index contributed by atoms with van der Waals surface area (Å²) in [5.41, 5.74) is -0.981. The van der Waals surface area contributed by atoms with Gasteiger partial charge in [0.2, 0.25) is 0 Å². The standard InChI is InChI=1S/C22H26O3/c1-5-13-21(3)15-9-7-11-17(21)19(23)25-20(24)18-12-8-10-16-22(18,4)14-6-2/h5-18H,1-4H3. The van der Waals surface area contributed by atoms with E-state index in [0.29, 0.717) is 0 Å². The Bertz CT molecular complexity index is 645. The van der Waals surface area contributed by atoms with Gasteiger partial charge in [-0.05, 0) is 13.8 Å². The zero-order valence-corrected chi connectivity index (χ0v) is 15.3. The first-order chi connectivity index (χ1) is 11.9. The molecule has 4 unspecified atom stereocenters. The minimum atomic E-state index is -0.520. The fourth-order valence-corrected chi connectivity index (χ4v) is 3.43. The average Bonchev–Trinajstić information content (AvgIpc) is 2.55. The lowest BCUT2D eigenvalue weighted by Crippen LogP contribution is -2.37. The maximum Gasteiger partial charge on any atom is 0.321 e. The number of esters is 2. The van der Waals surface area contributed by atoms with Crippen LogP contribution in [0.5, 0.6) is 0 Å². The van der Waals surface area contributed by atoms with E-state index in [0.717, 1.165) is 0 Å². The van der Waals surface area contributed by atoms with Gasteiger partial charge in [0.15, 0.2) is 0 Å². The molecule has 0 fully saturated rings. The van der Waals surface area contributed by atoms with E-state index in [1.54, 1.807) is 12.2 Å². The first kappa shape index (κ1) is 18.9. The number of allylic oxidation sites excluding steroid dienone is 10. The Morgan fingerprint density at radius 2 is 1.20 bits per heavy atom. The highest BCUT2D eigenvalue weighted by Gasteiger charge is 2.40. The van der Waals surface area contributed by atoms with Gasteiger partial charge in [-0.25, -0.2) is 0 Å². The highest BCUT2D eigenvalue weighted by molar-refractivity contribution is 5.91. The van der Waals surface area contributed by atoms with Crippen molar-refractivity contribution < 1.29 is 14.3 Å². The molecule has 0 radical (unpaired) electrons. The molecule has 2 rings (SSSR count). The molecule has 0 saturated carbocycles. The van der Waals surface area contributed by atoms with Crippen LogP contribution in [0.3, 0.4) is 0 Å². The van der Waals surface area contributed by atoms with E-state index in [4.69, 9.17) is 4.74 Å². The molecular weight excluding hydrogens is 312 g/mol. The predicted molar refractivity (Wildman–Crippen MR) is 100 cm³/mol. The zero-order valence-electron chi connectivity index (χ0n) is 15.3. The Labute approximate surface area is 150 Å². The number of carbonyl (C=O) groups excluding carboxylic acids is 2. The summed E-state index contributed by atoms with van der Waals surface area (Å²) in [7, 11) is 0. The van der Waals surface area contributed by atoms with Gasteiger partial charge in [0.1, 0.15) is 0 Å². The maximum atomic E-state index is 12.7. The lowest BCUT2D eigenvalue weighted by Gasteiger charge is -2.33. The van der Waals surface area contributed by atoms with Gasteiger partial charge in [-0.3, -0.25) is 9.59 Å². The molecule has 2 aliphatic rings. The number of hydrogen-bond donors (Lipinski definition) is 0. The van der Waals surface area contributed by atoms with Gasteiger partial charge in [0, 0.05) is 10.8 Å². The molecule has 0 heterocycles. The summed E-state index contributed by atoms with van der Waals surface area (Å²) in [6.07, 6.45) is 22.7. The van der Waals surface area contributed by atoms with Crippen molar-refractivity contribution in [2.24, 2.45) is 22.7 Å². The molecule has 2 aliphatic carbocycles. The van der Waals surface area contributed by atoms with Crippen molar-refractivity contribution >= 4 is 11.9 Å². The molecule has 0 saturated heterocycles. The van der Waals surface area contributed by atoms with E-state index in [1.165, 1.54) is 0 Å². The van der Waals surface area contributed by atoms with Gasteiger partial charge in [-0.2, -0.15) is 0 Å². The number of ether oxygens (including phenoxy) is 1. The number of carbonyl (C=O) groups is 2. The quantitative estimate of drug-likeness (QED) is 0.424. The zero-order chi connectivity index (χ0) is 18.5. The van der Waals surface area contributed by atoms with Crippen LogP contribution in [0.1, 0.15) is 27.7 Å². The van der Waals surface area contributed by atoms with Crippen LogP contribution in [0.2, 0.25) is 0 Å². The third-order valence-electron chi connectivity index (χ3n) is 4.84. The molecule has 4 atom stereocenters. The molecule has 0 amide bonds. The summed E-state index contributed by atoms with van der Waals surface area (Å²) in [6, 6.07) is 0. The summed E-state index contributed by atoms with van der Waals surface area (Å²) < 4.78 is 5.30. The number of rotatable bonds is 4. The van der Waals surface area contributed by atoms with E-state index in [2.05, 4.69) is 0 Å². The first-order valence-corrected chi connectivity index (χ1v) is 8.61. The van der Waals surface area contributed by atoms with E-state index in [1.807, 2.05) is 88.5 Å². The largest absolute Gasteiger partial charge is 0.392 e. The van der Waals surface area contributed by atoms with Gasteiger partial charge in [-0.1, -0.05) is 86.8 Å². The van der Waals surface area contributed by atoms with E-state index in [-0.39, 0.29) is 0 Å². The molecule has 0 aromatic rings. The first-order valence-electron chi connectivity index (χ1n) is 8.61. The van der Waals surface area contributed by atoms with Gasteiger partial charge >= 0.3 is 11.9 Å². The Morgan fingerprint density at radius 3 is 1.56 bits per heavy atom. The van der Waals surface area contributed by atoms with E-state index in [9.17, 15) is 9.59 Å². The second-order valence-electron chi connectivity index (χ2n) is 6.92. The van der Waals surface area contributed by atoms with Crippen molar-refractivity contribution in [3.8, 4) is 0 Å². The van der Waals surface area contributed by atoms with E-state index < -0.39 is 34.6 Å². The highest BCUT2D eigenvalue weighted by atomic mass is 16.6. The van der Waals surface area contributed by atoms with Gasteiger partial charge in [0.05, 0.1) is 11.8 Å². The summed E-state index contributed by atoms with van der Waals surface area (Å²) in [6.45, 7) is 7.73. The van der Waals surface area contributed by atoms with Crippen LogP contribution >= 0.6 is 0 Å². The third-order valence-corrected chi connectivity index (χ3v) is 4.84. The monoisotopic (exact) mass is 338 g/mol. The topological polar surface area (TPSA) is 43.4 Å². The molecule has 0 aromatic heterocycles. The van der Waals surface area contributed by atoms with Crippen molar-refractivity contribution in [2.75, 3.05) is 0 Å². The molecule has 3 heteroatoms. The second kappa shape index (κ2) is 7.64. The van der Waals surface area contributed by atoms with Crippen molar-refractivity contribution in [1.29, 1.82) is 0 Å². The fourth-order valence-electron chi connectivity index (χ4n) is 3.43. The van der Waals surface area contributed by atoms with Crippen LogP contribution in [0.25, 0.3) is 0 Å². The van der Waals surface area contributed by atoms with Crippen molar-refractivity contribution in [3.05, 3.63) is 72.9 Å². The number of hydrogen-bond acceptors (Lipinski definition) is 3. The predicted octanol–water partition coefficient (Wildman–Crippen LogP) is 4.71. The summed E-state index contributed by atoms with van der Waals surface area (Å²) in [5, 5.41) is 0. The van der Waals surface area contributed by atoms with Crippen LogP contribution in [0, 0.1) is 22.7 Å². The van der Waals surface area contributed by atoms with Crippen LogP contribution in [-0.4, -0.2) is 11.9 Å². The fraction of sp³-hybridized carbons (Fsp3) is 0.364. The third kappa shape index (κ3) is 3.98. The molecule has 132 valence electrons. The summed E-state index contributed by atoms with van der Waals surface area (Å²) in [4.78, 5) is 25.4. The smallest absolute Gasteiger partial charge is 0.321 e. The minimum absolute atomic E-state index is 0.490. The minimum Gasteiger partial charge on any atom is -0.392 e. The van der Waals surface area contributed by atoms with Crippen molar-refractivity contribution in [3.63, 3.8) is 0 Å². The van der Waals surface area contributed by atoms with Crippen molar-refractivity contribution in [1.82, 2.24) is 0 Å². The van der Waals surface area contributed by atoms with E-state index >= 15 is 0 Å². The SMILES string of the molecule is CC=CC1(C)C=CC=CC1C(=O)OC(=O)C1C=CC=CC1(C)C=CC. The Morgan fingerprint density at radius 1 is 0.800 bits per heavy atom. The maximum absolute atomic E-state index is 12.7. The Balaban J connectivity index is 2.18. The summed E-state index contributed by atoms with van der Waals surface area (Å²) >= 11 is 0. The second-order valence-corrected chi connectivity index (χ2v) is 6.92. The Kier molecular flexibility index (Phi) is 5.78. The van der Waals surface area contributed by atoms with Crippen LogP contribution in [0.4, 0.5) is 0 Å². The van der Waals surface area contributed by atoms with Gasteiger partial charge in [0.25, 0.3) is 0 Å². The average molecular weight is 338 g/mol. The lowest BCUT2D eigenvalue weighted by molar-refractivity contribution is -0.166. The molecule has 0 spiro atoms. The van der Waals surface area contributed by atoms with Gasteiger partial charge in [-0.15, -0.1) is 0 Å². The van der Waals surface area contributed by atoms with Crippen LogP contribution < -0.4 is 0 Å². The highest BCUT2D eigenvalue weighted by Crippen LogP contribution is 2.38. The molecule has 0 bridgehead atoms. The molecule has 3 nitrogen and oxygen atoms in total. The lowest BCUT2D eigenvalue weighted by atomic mass is 9.73. The van der Waals surface area contributed by atoms with Gasteiger partial charge < -0.3 is 4.74 Å². The van der Waals surface area contributed by atoms with Crippen molar-refractivity contribution in [2.45, 2.75) is 27.7 Å². The van der Waals surface area contributed by atoms with Crippen LogP contribution in [0.15, 0.2) is 72.9 Å². The summed E-state index contributed by atoms with van der Waals surface area (Å²) in [5.74, 6) is -2.07.